The number of hydrogen-bond donors (Lipinski definition) is 1. The Hall–Kier alpha value is -1.52. The lowest BCUT2D eigenvalue weighted by molar-refractivity contribution is -0.137. The van der Waals surface area contributed by atoms with E-state index in [1.807, 2.05) is 0 Å². The summed E-state index contributed by atoms with van der Waals surface area (Å²) >= 11 is 0. The Labute approximate surface area is 72.6 Å². The molecule has 0 saturated heterocycles. The lowest BCUT2D eigenvalue weighted by atomic mass is 10.3. The predicted molar refractivity (Wildman–Crippen MR) is 40.0 cm³/mol. The Balaban J connectivity index is 0.000000252. The quantitative estimate of drug-likeness (QED) is 0.738. The molecular weight excluding hydrogens is 185 g/mol. The van der Waals surface area contributed by atoms with Crippen molar-refractivity contribution in [3.8, 4) is 0 Å². The minimum absolute atomic E-state index is 0.537. The zero-order valence-electron chi connectivity index (χ0n) is 6.51. The van der Waals surface area contributed by atoms with Crippen LogP contribution in [0, 0.1) is 11.6 Å². The van der Waals surface area contributed by atoms with E-state index in [-0.39, 0.29) is 0 Å². The van der Waals surface area contributed by atoms with Crippen molar-refractivity contribution in [3.63, 3.8) is 0 Å². The third-order valence-electron chi connectivity index (χ3n) is 0.901. The summed E-state index contributed by atoms with van der Waals surface area (Å²) in [6.45, 7) is -1.28. The molecule has 1 N–H and O–H groups in total. The summed E-state index contributed by atoms with van der Waals surface area (Å²) in [4.78, 5) is 8.99. The second-order valence-corrected chi connectivity index (χ2v) is 1.97. The van der Waals surface area contributed by atoms with Gasteiger partial charge in [0.15, 0.2) is 6.67 Å². The first kappa shape index (κ1) is 11.5. The number of benzene rings is 1. The molecule has 0 saturated carbocycles. The third kappa shape index (κ3) is 6.86. The minimum atomic E-state index is -1.41. The van der Waals surface area contributed by atoms with Gasteiger partial charge in [0.05, 0.1) is 0 Å². The van der Waals surface area contributed by atoms with Crippen molar-refractivity contribution in [2.45, 2.75) is 0 Å². The number of carboxylic acids is 1. The van der Waals surface area contributed by atoms with Crippen LogP contribution >= 0.6 is 0 Å². The molecule has 0 spiro atoms. The van der Waals surface area contributed by atoms with Crippen LogP contribution in [0.25, 0.3) is 0 Å². The number of rotatable bonds is 1. The highest BCUT2D eigenvalue weighted by atomic mass is 19.1. The average molecular weight is 192 g/mol. The molecule has 72 valence electrons. The molecule has 13 heavy (non-hydrogen) atoms. The Morgan fingerprint density at radius 1 is 1.31 bits per heavy atom. The smallest absolute Gasteiger partial charge is 0.335 e. The first-order valence-electron chi connectivity index (χ1n) is 3.25. The Morgan fingerprint density at radius 2 is 1.69 bits per heavy atom. The number of halogens is 3. The zero-order chi connectivity index (χ0) is 10.3. The van der Waals surface area contributed by atoms with Crippen LogP contribution < -0.4 is 0 Å². The second kappa shape index (κ2) is 6.05. The molecule has 0 atom stereocenters. The van der Waals surface area contributed by atoms with E-state index in [0.29, 0.717) is 0 Å². The van der Waals surface area contributed by atoms with Crippen LogP contribution in [0.2, 0.25) is 0 Å². The van der Waals surface area contributed by atoms with Gasteiger partial charge >= 0.3 is 5.97 Å². The maximum atomic E-state index is 11.9. The molecule has 1 aromatic rings. The normalized spacial score (nSPS) is 8.54. The summed E-state index contributed by atoms with van der Waals surface area (Å²) in [5.41, 5.74) is 0. The fourth-order valence-electron chi connectivity index (χ4n) is 0.460. The average Bonchev–Trinajstić information content (AvgIpc) is 2.05. The largest absolute Gasteiger partial charge is 0.479 e. The molecule has 0 unspecified atom stereocenters. The van der Waals surface area contributed by atoms with Crippen molar-refractivity contribution in [3.05, 3.63) is 35.9 Å². The molecule has 2 nitrogen and oxygen atoms in total. The Kier molecular flexibility index (Phi) is 5.34. The van der Waals surface area contributed by atoms with Gasteiger partial charge in [0.1, 0.15) is 11.6 Å². The summed E-state index contributed by atoms with van der Waals surface area (Å²) in [6.07, 6.45) is 0. The van der Waals surface area contributed by atoms with Gasteiger partial charge in [-0.1, -0.05) is 6.07 Å². The molecule has 0 amide bonds. The lowest BCUT2D eigenvalue weighted by Gasteiger charge is -1.84. The van der Waals surface area contributed by atoms with Gasteiger partial charge in [-0.25, -0.2) is 18.0 Å². The van der Waals surface area contributed by atoms with E-state index in [1.165, 1.54) is 18.2 Å². The van der Waals surface area contributed by atoms with Gasteiger partial charge in [-0.3, -0.25) is 0 Å². The molecule has 0 fully saturated rings. The highest BCUT2D eigenvalue weighted by molar-refractivity contribution is 5.67. The van der Waals surface area contributed by atoms with Crippen LogP contribution in [0.3, 0.4) is 0 Å². The molecule has 1 rings (SSSR count). The Bertz CT molecular complexity index is 259. The molecule has 0 radical (unpaired) electrons. The number of aliphatic carboxylic acids is 1. The molecule has 0 heterocycles. The summed E-state index contributed by atoms with van der Waals surface area (Å²) < 4.78 is 34.4. The van der Waals surface area contributed by atoms with E-state index in [1.54, 1.807) is 0 Å². The van der Waals surface area contributed by atoms with E-state index in [4.69, 9.17) is 9.90 Å². The second-order valence-electron chi connectivity index (χ2n) is 1.97. The highest BCUT2D eigenvalue weighted by Crippen LogP contribution is 1.99. The Morgan fingerprint density at radius 3 is 1.85 bits per heavy atom. The standard InChI is InChI=1S/C6H4F2.C2H3FO2/c7-5-2-1-3-6(8)4-5;3-1-2(4)5/h1-4H;1H2,(H,4,5). The lowest BCUT2D eigenvalue weighted by Crippen LogP contribution is -1.93. The van der Waals surface area contributed by atoms with Crippen LogP contribution in [-0.2, 0) is 4.79 Å². The first-order chi connectivity index (χ1) is 6.06. The van der Waals surface area contributed by atoms with Crippen LogP contribution in [0.1, 0.15) is 0 Å². The topological polar surface area (TPSA) is 37.3 Å². The molecule has 0 aliphatic carbocycles. The monoisotopic (exact) mass is 192 g/mol. The van der Waals surface area contributed by atoms with Gasteiger partial charge in [-0.15, -0.1) is 0 Å². The summed E-state index contributed by atoms with van der Waals surface area (Å²) in [5.74, 6) is -2.49. The van der Waals surface area contributed by atoms with Crippen LogP contribution in [-0.4, -0.2) is 17.8 Å². The summed E-state index contributed by atoms with van der Waals surface area (Å²) in [5, 5.41) is 7.35. The first-order valence-corrected chi connectivity index (χ1v) is 3.25. The van der Waals surface area contributed by atoms with Crippen molar-refractivity contribution < 1.29 is 23.1 Å². The molecule has 0 aliphatic rings. The van der Waals surface area contributed by atoms with Gasteiger partial charge in [0.25, 0.3) is 0 Å². The van der Waals surface area contributed by atoms with Crippen molar-refractivity contribution in [1.29, 1.82) is 0 Å². The fourth-order valence-corrected chi connectivity index (χ4v) is 0.460. The van der Waals surface area contributed by atoms with Gasteiger partial charge in [0.2, 0.25) is 0 Å². The number of carboxylic acid groups (broad SMARTS) is 1. The molecule has 1 aromatic carbocycles. The minimum Gasteiger partial charge on any atom is -0.479 e. The molecule has 0 aliphatic heterocycles. The van der Waals surface area contributed by atoms with E-state index in [2.05, 4.69) is 0 Å². The number of carbonyl (C=O) groups is 1. The number of hydrogen-bond acceptors (Lipinski definition) is 1. The molecular formula is C8H7F3O2. The third-order valence-corrected chi connectivity index (χ3v) is 0.901. The molecule has 5 heteroatoms. The molecule has 0 aromatic heterocycles. The van der Waals surface area contributed by atoms with E-state index in [9.17, 15) is 13.2 Å². The van der Waals surface area contributed by atoms with E-state index < -0.39 is 24.3 Å². The van der Waals surface area contributed by atoms with Gasteiger partial charge in [-0.05, 0) is 12.1 Å². The molecule has 0 bridgehead atoms. The van der Waals surface area contributed by atoms with Crippen LogP contribution in [0.4, 0.5) is 13.2 Å². The van der Waals surface area contributed by atoms with Crippen molar-refractivity contribution in [2.75, 3.05) is 6.67 Å². The van der Waals surface area contributed by atoms with Crippen molar-refractivity contribution in [2.24, 2.45) is 0 Å². The van der Waals surface area contributed by atoms with Crippen molar-refractivity contribution in [1.82, 2.24) is 0 Å². The maximum Gasteiger partial charge on any atom is 0.335 e. The van der Waals surface area contributed by atoms with E-state index in [0.717, 1.165) is 6.07 Å². The van der Waals surface area contributed by atoms with E-state index >= 15 is 0 Å². The van der Waals surface area contributed by atoms with Gasteiger partial charge in [0, 0.05) is 6.07 Å². The van der Waals surface area contributed by atoms with Crippen molar-refractivity contribution >= 4 is 5.97 Å². The van der Waals surface area contributed by atoms with Crippen LogP contribution in [0.5, 0.6) is 0 Å². The van der Waals surface area contributed by atoms with Gasteiger partial charge in [-0.2, -0.15) is 0 Å². The predicted octanol–water partition coefficient (Wildman–Crippen LogP) is 2.01. The summed E-state index contributed by atoms with van der Waals surface area (Å²) in [7, 11) is 0. The van der Waals surface area contributed by atoms with Gasteiger partial charge < -0.3 is 5.11 Å². The maximum absolute atomic E-state index is 11.9. The van der Waals surface area contributed by atoms with Crippen LogP contribution in [0.15, 0.2) is 24.3 Å². The zero-order valence-corrected chi connectivity index (χ0v) is 6.51. The summed E-state index contributed by atoms with van der Waals surface area (Å²) in [6, 6.07) is 4.55. The fraction of sp³-hybridized carbons (Fsp3) is 0.125. The highest BCUT2D eigenvalue weighted by Gasteiger charge is 1.88. The number of alkyl halides is 1. The SMILES string of the molecule is Fc1cccc(F)c1.O=C(O)CF.